The average Bonchev–Trinajstić information content (AvgIpc) is 3.20. The first kappa shape index (κ1) is 15.6. The molecule has 0 aliphatic carbocycles. The molecule has 0 fully saturated rings. The minimum Gasteiger partial charge on any atom is -0.335 e. The third-order valence-electron chi connectivity index (χ3n) is 3.18. The van der Waals surface area contributed by atoms with E-state index < -0.39 is 0 Å². The summed E-state index contributed by atoms with van der Waals surface area (Å²) in [6.07, 6.45) is 0.808. The van der Waals surface area contributed by atoms with Crippen LogP contribution in [-0.4, -0.2) is 21.4 Å². The molecule has 118 valence electrons. The van der Waals surface area contributed by atoms with E-state index >= 15 is 0 Å². The third kappa shape index (κ3) is 4.37. The van der Waals surface area contributed by atoms with E-state index in [0.717, 1.165) is 12.0 Å². The van der Waals surface area contributed by atoms with Crippen molar-refractivity contribution in [1.29, 1.82) is 0 Å². The molecule has 0 radical (unpaired) electrons. The summed E-state index contributed by atoms with van der Waals surface area (Å²) < 4.78 is 4.27. The van der Waals surface area contributed by atoms with Gasteiger partial charge in [0.15, 0.2) is 5.82 Å². The van der Waals surface area contributed by atoms with Crippen LogP contribution in [0.4, 0.5) is 9.93 Å². The van der Waals surface area contributed by atoms with Crippen molar-refractivity contribution in [3.05, 3.63) is 52.7 Å². The quantitative estimate of drug-likeness (QED) is 0.734. The second-order valence-electron chi connectivity index (χ2n) is 5.12. The number of amides is 2. The molecule has 2 amide bonds. The number of anilines is 1. The number of hydrogen-bond donors (Lipinski definition) is 2. The second-order valence-corrected chi connectivity index (χ2v) is 6.66. The van der Waals surface area contributed by atoms with Crippen LogP contribution >= 0.6 is 22.9 Å². The Hall–Kier alpha value is -2.25. The predicted octanol–water partition coefficient (Wildman–Crippen LogP) is 4.02. The summed E-state index contributed by atoms with van der Waals surface area (Å²) in [5.74, 6) is 0.622. The van der Waals surface area contributed by atoms with Gasteiger partial charge >= 0.3 is 6.03 Å². The molecule has 23 heavy (non-hydrogen) atoms. The molecule has 0 aliphatic rings. The van der Waals surface area contributed by atoms with E-state index in [1.165, 1.54) is 17.1 Å². The summed E-state index contributed by atoms with van der Waals surface area (Å²) in [5, 5.41) is 10.3. The number of thiophene rings is 1. The number of benzene rings is 1. The first-order chi connectivity index (χ1) is 11.2. The maximum Gasteiger partial charge on any atom is 0.321 e. The molecular formula is C16H16N4OS2. The largest absolute Gasteiger partial charge is 0.335 e. The van der Waals surface area contributed by atoms with E-state index in [2.05, 4.69) is 31.4 Å². The van der Waals surface area contributed by atoms with Crippen LogP contribution in [0.3, 0.4) is 0 Å². The number of rotatable bonds is 5. The Morgan fingerprint density at radius 1 is 1.26 bits per heavy atom. The molecule has 3 rings (SSSR count). The predicted molar refractivity (Wildman–Crippen MR) is 95.0 cm³/mol. The molecule has 5 nitrogen and oxygen atoms in total. The molecule has 2 aromatic heterocycles. The lowest BCUT2D eigenvalue weighted by molar-refractivity contribution is 0.249. The summed E-state index contributed by atoms with van der Waals surface area (Å²) in [4.78, 5) is 16.4. The normalized spacial score (nSPS) is 11.9. The molecule has 0 aliphatic heterocycles. The molecule has 7 heteroatoms. The van der Waals surface area contributed by atoms with Gasteiger partial charge in [-0.2, -0.15) is 20.7 Å². The zero-order valence-corrected chi connectivity index (χ0v) is 14.2. The first-order valence-corrected chi connectivity index (χ1v) is 8.90. The lowest BCUT2D eigenvalue weighted by atomic mass is 10.1. The van der Waals surface area contributed by atoms with Gasteiger partial charge in [-0.1, -0.05) is 30.3 Å². The Bertz CT molecular complexity index is 756. The van der Waals surface area contributed by atoms with Crippen LogP contribution in [0.5, 0.6) is 0 Å². The highest BCUT2D eigenvalue weighted by Gasteiger charge is 2.12. The molecule has 0 spiro atoms. The van der Waals surface area contributed by atoms with Crippen molar-refractivity contribution in [2.75, 3.05) is 5.32 Å². The highest BCUT2D eigenvalue weighted by Crippen LogP contribution is 2.20. The summed E-state index contributed by atoms with van der Waals surface area (Å²) in [6.45, 7) is 1.98. The molecular weight excluding hydrogens is 328 g/mol. The molecule has 3 aromatic rings. The van der Waals surface area contributed by atoms with Crippen molar-refractivity contribution < 1.29 is 4.79 Å². The van der Waals surface area contributed by atoms with Crippen LogP contribution in [0.1, 0.15) is 12.5 Å². The SMILES string of the molecule is C[C@@H](Cc1ccsc1)NC(=O)Nc1nc(-c2ccccc2)ns1. The van der Waals surface area contributed by atoms with Crippen LogP contribution in [0.25, 0.3) is 11.4 Å². The molecule has 0 bridgehead atoms. The average molecular weight is 344 g/mol. The van der Waals surface area contributed by atoms with Gasteiger partial charge in [0.1, 0.15) is 0 Å². The number of urea groups is 1. The Labute approximate surface area is 142 Å². The van der Waals surface area contributed by atoms with Crippen LogP contribution in [0.2, 0.25) is 0 Å². The van der Waals surface area contributed by atoms with Gasteiger partial charge in [0.25, 0.3) is 0 Å². The molecule has 0 unspecified atom stereocenters. The van der Waals surface area contributed by atoms with Crippen LogP contribution in [0.15, 0.2) is 47.2 Å². The Balaban J connectivity index is 1.55. The smallest absolute Gasteiger partial charge is 0.321 e. The van der Waals surface area contributed by atoms with E-state index in [-0.39, 0.29) is 12.1 Å². The van der Waals surface area contributed by atoms with Crippen molar-refractivity contribution in [3.63, 3.8) is 0 Å². The van der Waals surface area contributed by atoms with E-state index in [1.54, 1.807) is 11.3 Å². The van der Waals surface area contributed by atoms with Crippen LogP contribution < -0.4 is 10.6 Å². The molecule has 0 saturated heterocycles. The Morgan fingerprint density at radius 3 is 2.83 bits per heavy atom. The van der Waals surface area contributed by atoms with Gasteiger partial charge in [-0.3, -0.25) is 5.32 Å². The van der Waals surface area contributed by atoms with Gasteiger partial charge in [-0.15, -0.1) is 0 Å². The van der Waals surface area contributed by atoms with Gasteiger partial charge < -0.3 is 5.32 Å². The summed E-state index contributed by atoms with van der Waals surface area (Å²) in [6, 6.07) is 11.5. The van der Waals surface area contributed by atoms with Crippen LogP contribution in [0, 0.1) is 0 Å². The monoisotopic (exact) mass is 344 g/mol. The molecule has 2 N–H and O–H groups in total. The number of aromatic nitrogens is 2. The molecule has 1 aromatic carbocycles. The highest BCUT2D eigenvalue weighted by molar-refractivity contribution is 7.10. The van der Waals surface area contributed by atoms with Crippen LogP contribution in [-0.2, 0) is 6.42 Å². The number of hydrogen-bond acceptors (Lipinski definition) is 5. The number of nitrogens with one attached hydrogen (secondary N) is 2. The number of nitrogens with zero attached hydrogens (tertiary/aromatic N) is 2. The van der Waals surface area contributed by atoms with Crippen molar-refractivity contribution in [1.82, 2.24) is 14.7 Å². The number of carbonyl (C=O) groups excluding carboxylic acids is 1. The fraction of sp³-hybridized carbons (Fsp3) is 0.188. The molecule has 1 atom stereocenters. The van der Waals surface area contributed by atoms with E-state index in [9.17, 15) is 4.79 Å². The summed E-state index contributed by atoms with van der Waals surface area (Å²) >= 11 is 2.83. The van der Waals surface area contributed by atoms with Crippen molar-refractivity contribution in [2.24, 2.45) is 0 Å². The van der Waals surface area contributed by atoms with Gasteiger partial charge in [0.05, 0.1) is 0 Å². The van der Waals surface area contributed by atoms with Crippen molar-refractivity contribution in [3.8, 4) is 11.4 Å². The minimum absolute atomic E-state index is 0.0473. The standard InChI is InChI=1S/C16H16N4OS2/c1-11(9-12-7-8-22-10-12)17-15(21)19-16-18-14(20-23-16)13-5-3-2-4-6-13/h2-8,10-11H,9H2,1H3,(H2,17,18,19,20,21)/t11-/m0/s1. The van der Waals surface area contributed by atoms with Crippen molar-refractivity contribution in [2.45, 2.75) is 19.4 Å². The van der Waals surface area contributed by atoms with E-state index in [1.807, 2.05) is 42.6 Å². The first-order valence-electron chi connectivity index (χ1n) is 7.18. The maximum atomic E-state index is 12.0. The zero-order valence-electron chi connectivity index (χ0n) is 12.5. The lowest BCUT2D eigenvalue weighted by Crippen LogP contribution is -2.37. The van der Waals surface area contributed by atoms with Gasteiger partial charge in [-0.25, -0.2) is 4.79 Å². The zero-order chi connectivity index (χ0) is 16.1. The maximum absolute atomic E-state index is 12.0. The lowest BCUT2D eigenvalue weighted by Gasteiger charge is -2.12. The Kier molecular flexibility index (Phi) is 4.99. The topological polar surface area (TPSA) is 66.9 Å². The summed E-state index contributed by atoms with van der Waals surface area (Å²) in [5.41, 5.74) is 2.16. The minimum atomic E-state index is -0.261. The molecule has 0 saturated carbocycles. The molecule has 2 heterocycles. The number of carbonyl (C=O) groups is 1. The fourth-order valence-electron chi connectivity index (χ4n) is 2.15. The van der Waals surface area contributed by atoms with Gasteiger partial charge in [-0.05, 0) is 35.7 Å². The van der Waals surface area contributed by atoms with Gasteiger partial charge in [0.2, 0.25) is 5.13 Å². The summed E-state index contributed by atoms with van der Waals surface area (Å²) in [7, 11) is 0. The van der Waals surface area contributed by atoms with E-state index in [0.29, 0.717) is 11.0 Å². The van der Waals surface area contributed by atoms with Crippen molar-refractivity contribution >= 4 is 34.0 Å². The highest BCUT2D eigenvalue weighted by atomic mass is 32.1. The second kappa shape index (κ2) is 7.34. The van der Waals surface area contributed by atoms with E-state index in [4.69, 9.17) is 0 Å². The third-order valence-corrected chi connectivity index (χ3v) is 4.54. The Morgan fingerprint density at radius 2 is 2.09 bits per heavy atom. The fourth-order valence-corrected chi connectivity index (χ4v) is 3.42. The van der Waals surface area contributed by atoms with Gasteiger partial charge in [0, 0.05) is 23.1 Å².